The van der Waals surface area contributed by atoms with E-state index in [0.717, 1.165) is 51.8 Å². The van der Waals surface area contributed by atoms with E-state index in [-0.39, 0.29) is 21.6 Å². The van der Waals surface area contributed by atoms with Gasteiger partial charge in [-0.15, -0.1) is 0 Å². The number of hydrogen-bond donors (Lipinski definition) is 1. The molecule has 2 N–H and O–H groups in total. The van der Waals surface area contributed by atoms with Crippen LogP contribution in [0.5, 0.6) is 0 Å². The van der Waals surface area contributed by atoms with Crippen LogP contribution in [0.15, 0.2) is 88.7 Å². The number of likely N-dealkylation sites (tertiary alicyclic amines) is 2. The van der Waals surface area contributed by atoms with E-state index >= 15 is 0 Å². The maximum absolute atomic E-state index is 13.2. The number of likely N-dealkylation sites (N-methyl/N-ethyl adjacent to an activating group) is 1. The third-order valence-corrected chi connectivity index (χ3v) is 11.4. The summed E-state index contributed by atoms with van der Waals surface area (Å²) >= 11 is 6.01. The smallest absolute Gasteiger partial charge is 0.245 e. The van der Waals surface area contributed by atoms with Crippen LogP contribution in [0, 0.1) is 0 Å². The lowest BCUT2D eigenvalue weighted by atomic mass is 10.1. The highest BCUT2D eigenvalue weighted by Crippen LogP contribution is 2.28. The van der Waals surface area contributed by atoms with Gasteiger partial charge < -0.3 is 9.80 Å². The zero-order chi connectivity index (χ0) is 32.5. The number of nitrogens with zero attached hydrogens (tertiary/aromatic N) is 3. The zero-order valence-corrected chi connectivity index (χ0v) is 27.4. The van der Waals surface area contributed by atoms with Crippen LogP contribution in [0.4, 0.5) is 0 Å². The first kappa shape index (κ1) is 32.8. The van der Waals surface area contributed by atoms with Gasteiger partial charge in [0, 0.05) is 31.7 Å². The number of nitrogens with two attached hydrogens (primary N) is 1. The molecule has 2 heterocycles. The van der Waals surface area contributed by atoms with Crippen molar-refractivity contribution in [3.63, 3.8) is 0 Å². The number of rotatable bonds is 6. The Hall–Kier alpha value is -3.55. The summed E-state index contributed by atoms with van der Waals surface area (Å²) in [5.41, 5.74) is 0. The molecule has 2 fully saturated rings. The highest BCUT2D eigenvalue weighted by Gasteiger charge is 2.43. The second-order valence-corrected chi connectivity index (χ2v) is 15.3. The molecule has 4 aromatic carbocycles. The van der Waals surface area contributed by atoms with Gasteiger partial charge in [-0.1, -0.05) is 54.1 Å². The maximum atomic E-state index is 13.2. The number of fused-ring (bicyclic) bond motifs is 2. The zero-order valence-electron chi connectivity index (χ0n) is 25.0. The Morgan fingerprint density at radius 1 is 0.844 bits per heavy atom. The number of primary sulfonamides is 1. The molecule has 0 radical (unpaired) electrons. The summed E-state index contributed by atoms with van der Waals surface area (Å²) in [7, 11) is -6.05. The molecule has 2 aliphatic rings. The molecule has 0 unspecified atom stereocenters. The molecule has 0 aliphatic carbocycles. The number of halogens is 1. The van der Waals surface area contributed by atoms with Crippen molar-refractivity contribution in [2.45, 2.75) is 48.1 Å². The van der Waals surface area contributed by atoms with Crippen LogP contribution in [0.25, 0.3) is 21.5 Å². The summed E-state index contributed by atoms with van der Waals surface area (Å²) in [5, 5.41) is 9.06. The quantitative estimate of drug-likeness (QED) is 0.326. The van der Waals surface area contributed by atoms with Crippen LogP contribution in [0.2, 0.25) is 5.02 Å². The van der Waals surface area contributed by atoms with E-state index < -0.39 is 32.1 Å². The highest BCUT2D eigenvalue weighted by molar-refractivity contribution is 7.89. The molecular formula is C32H35ClN4O6S2. The van der Waals surface area contributed by atoms with Gasteiger partial charge in [0.1, 0.15) is 12.1 Å². The van der Waals surface area contributed by atoms with Gasteiger partial charge in [0.05, 0.1) is 9.79 Å². The monoisotopic (exact) mass is 670 g/mol. The van der Waals surface area contributed by atoms with Crippen LogP contribution in [-0.4, -0.2) is 81.5 Å². The molecule has 0 spiro atoms. The first-order valence-electron chi connectivity index (χ1n) is 14.6. The van der Waals surface area contributed by atoms with E-state index in [2.05, 4.69) is 0 Å². The van der Waals surface area contributed by atoms with Crippen molar-refractivity contribution in [1.82, 2.24) is 14.1 Å². The van der Waals surface area contributed by atoms with Gasteiger partial charge in [-0.2, -0.15) is 4.31 Å². The molecule has 6 rings (SSSR count). The van der Waals surface area contributed by atoms with Crippen LogP contribution in [0.3, 0.4) is 0 Å². The third kappa shape index (κ3) is 7.00. The minimum absolute atomic E-state index is 0.0646. The summed E-state index contributed by atoms with van der Waals surface area (Å²) in [5.74, 6) is -0.385. The van der Waals surface area contributed by atoms with Crippen molar-refractivity contribution in [3.8, 4) is 0 Å². The molecule has 2 atom stereocenters. The van der Waals surface area contributed by atoms with Gasteiger partial charge in [-0.3, -0.25) is 9.59 Å². The molecule has 0 saturated carbocycles. The van der Waals surface area contributed by atoms with Crippen molar-refractivity contribution < 1.29 is 26.4 Å². The fourth-order valence-corrected chi connectivity index (χ4v) is 7.89. The van der Waals surface area contributed by atoms with E-state index in [1.165, 1.54) is 24.1 Å². The molecule has 2 aliphatic heterocycles. The van der Waals surface area contributed by atoms with Gasteiger partial charge >= 0.3 is 0 Å². The van der Waals surface area contributed by atoms with E-state index in [1.54, 1.807) is 54.3 Å². The lowest BCUT2D eigenvalue weighted by Crippen LogP contribution is -2.50. The molecule has 10 nitrogen and oxygen atoms in total. The highest BCUT2D eigenvalue weighted by atomic mass is 35.5. The van der Waals surface area contributed by atoms with E-state index in [9.17, 15) is 26.4 Å². The Bertz CT molecular complexity index is 1980. The largest absolute Gasteiger partial charge is 0.341 e. The minimum Gasteiger partial charge on any atom is -0.341 e. The summed E-state index contributed by atoms with van der Waals surface area (Å²) in [4.78, 5) is 29.4. The van der Waals surface area contributed by atoms with Crippen LogP contribution >= 0.6 is 11.6 Å². The summed E-state index contributed by atoms with van der Waals surface area (Å²) < 4.78 is 49.7. The SMILES string of the molecule is C[C@@H](C(=O)N1CCCC1)N1CC[C@@H](N(C)S(=O)(=O)c2ccc3cc(Cl)ccc3c2)C1=O.NS(=O)(=O)c1ccc2ccccc2c1. The molecule has 2 amide bonds. The number of sulfonamides is 2. The average Bonchev–Trinajstić information content (AvgIpc) is 3.69. The number of amides is 2. The Kier molecular flexibility index (Phi) is 9.52. The van der Waals surface area contributed by atoms with Crippen molar-refractivity contribution in [2.75, 3.05) is 26.7 Å². The standard InChI is InChI=1S/C22H26ClN3O4S.C10H9NO2S/c1-15(21(27)25-10-3-4-11-25)26-12-9-20(22(26)28)24(2)31(29,30)19-8-6-16-13-18(23)7-5-17(16)14-19;11-14(12,13)10-6-5-8-3-1-2-4-9(8)7-10/h5-8,13-15,20H,3-4,9-12H2,1-2H3;1-7H,(H2,11,12,13)/t15-,20+;/m0./s1. The molecule has 13 heteroatoms. The number of carbonyl (C=O) groups is 2. The second kappa shape index (κ2) is 13.1. The lowest BCUT2D eigenvalue weighted by Gasteiger charge is -2.29. The first-order chi connectivity index (χ1) is 21.3. The van der Waals surface area contributed by atoms with Gasteiger partial charge in [-0.05, 0) is 84.1 Å². The van der Waals surface area contributed by atoms with Gasteiger partial charge in [0.2, 0.25) is 31.9 Å². The van der Waals surface area contributed by atoms with Crippen LogP contribution in [-0.2, 0) is 29.6 Å². The first-order valence-corrected chi connectivity index (χ1v) is 17.9. The van der Waals surface area contributed by atoms with Gasteiger partial charge in [0.25, 0.3) is 0 Å². The van der Waals surface area contributed by atoms with Crippen molar-refractivity contribution in [1.29, 1.82) is 0 Å². The average molecular weight is 671 g/mol. The number of carbonyl (C=O) groups excluding carboxylic acids is 2. The molecular weight excluding hydrogens is 636 g/mol. The van der Waals surface area contributed by atoms with Crippen molar-refractivity contribution in [3.05, 3.63) is 83.9 Å². The van der Waals surface area contributed by atoms with E-state index in [4.69, 9.17) is 16.7 Å². The molecule has 4 aromatic rings. The van der Waals surface area contributed by atoms with Crippen molar-refractivity contribution >= 4 is 65.0 Å². The molecule has 0 bridgehead atoms. The Labute approximate surface area is 268 Å². The molecule has 0 aromatic heterocycles. The summed E-state index contributed by atoms with van der Waals surface area (Å²) in [6, 6.07) is 21.0. The summed E-state index contributed by atoms with van der Waals surface area (Å²) in [6.07, 6.45) is 2.32. The lowest BCUT2D eigenvalue weighted by molar-refractivity contribution is -0.143. The van der Waals surface area contributed by atoms with E-state index in [1.807, 2.05) is 24.3 Å². The Morgan fingerprint density at radius 3 is 2.09 bits per heavy atom. The normalized spacial score (nSPS) is 18.0. The van der Waals surface area contributed by atoms with Crippen molar-refractivity contribution in [2.24, 2.45) is 5.14 Å². The fraction of sp³-hybridized carbons (Fsp3) is 0.312. The molecule has 238 valence electrons. The Balaban J connectivity index is 0.000000238. The van der Waals surface area contributed by atoms with Crippen LogP contribution < -0.4 is 5.14 Å². The predicted octanol–water partition coefficient (Wildman–Crippen LogP) is 4.21. The predicted molar refractivity (Wildman–Crippen MR) is 175 cm³/mol. The van der Waals surface area contributed by atoms with E-state index in [0.29, 0.717) is 18.0 Å². The topological polar surface area (TPSA) is 138 Å². The maximum Gasteiger partial charge on any atom is 0.245 e. The summed E-state index contributed by atoms with van der Waals surface area (Å²) in [6.45, 7) is 3.52. The third-order valence-electron chi connectivity index (χ3n) is 8.39. The Morgan fingerprint density at radius 2 is 1.40 bits per heavy atom. The molecule has 45 heavy (non-hydrogen) atoms. The number of hydrogen-bond acceptors (Lipinski definition) is 6. The number of benzene rings is 4. The second-order valence-electron chi connectivity index (χ2n) is 11.3. The molecule has 2 saturated heterocycles. The van der Waals surface area contributed by atoms with Crippen LogP contribution in [0.1, 0.15) is 26.2 Å². The van der Waals surface area contributed by atoms with Gasteiger partial charge in [-0.25, -0.2) is 22.0 Å². The minimum atomic E-state index is -3.88. The fourth-order valence-electron chi connectivity index (χ4n) is 5.78. The van der Waals surface area contributed by atoms with Gasteiger partial charge in [0.15, 0.2) is 0 Å².